The van der Waals surface area contributed by atoms with Crippen LogP contribution in [0.15, 0.2) is 12.7 Å². The maximum atomic E-state index is 12.7. The van der Waals surface area contributed by atoms with Crippen LogP contribution in [0.5, 0.6) is 0 Å². The van der Waals surface area contributed by atoms with Gasteiger partial charge in [-0.3, -0.25) is 4.18 Å². The van der Waals surface area contributed by atoms with Gasteiger partial charge in [0.25, 0.3) is 0 Å². The van der Waals surface area contributed by atoms with E-state index in [-0.39, 0.29) is 24.9 Å². The highest BCUT2D eigenvalue weighted by Gasteiger charge is 2.62. The zero-order valence-electron chi connectivity index (χ0n) is 13.0. The van der Waals surface area contributed by atoms with E-state index in [0.29, 0.717) is 25.7 Å². The lowest BCUT2D eigenvalue weighted by Crippen LogP contribution is -2.59. The van der Waals surface area contributed by atoms with Crippen LogP contribution in [-0.4, -0.2) is 32.1 Å². The maximum absolute atomic E-state index is 12.7. The summed E-state index contributed by atoms with van der Waals surface area (Å²) >= 11 is 0. The number of esters is 1. The van der Waals surface area contributed by atoms with E-state index in [1.807, 2.05) is 0 Å². The molecule has 2 atom stereocenters. The number of carbonyl (C=O) groups is 1. The Balaban J connectivity index is 1.83. The highest BCUT2D eigenvalue weighted by Crippen LogP contribution is 2.63. The molecule has 2 unspecified atom stereocenters. The van der Waals surface area contributed by atoms with Gasteiger partial charge in [-0.2, -0.15) is 21.6 Å². The van der Waals surface area contributed by atoms with Crippen LogP contribution in [0.4, 0.5) is 13.2 Å². The first-order chi connectivity index (χ1) is 11.0. The van der Waals surface area contributed by atoms with Crippen LogP contribution in [-0.2, 0) is 23.8 Å². The molecule has 0 aromatic rings. The smallest absolute Gasteiger partial charge is 0.462 e. The Morgan fingerprint density at radius 2 is 1.79 bits per heavy atom. The molecule has 0 aromatic heterocycles. The summed E-state index contributed by atoms with van der Waals surface area (Å²) in [5.41, 5.74) is -7.28. The molecule has 0 spiro atoms. The molecule has 4 rings (SSSR count). The van der Waals surface area contributed by atoms with Crippen molar-refractivity contribution in [1.82, 2.24) is 0 Å². The molecule has 0 aromatic carbocycles. The lowest BCUT2D eigenvalue weighted by molar-refractivity contribution is -0.178. The molecule has 24 heavy (non-hydrogen) atoms. The average Bonchev–Trinajstić information content (AvgIpc) is 2.41. The Morgan fingerprint density at radius 1 is 1.21 bits per heavy atom. The van der Waals surface area contributed by atoms with Crippen molar-refractivity contribution in [3.8, 4) is 0 Å². The third-order valence-corrected chi connectivity index (χ3v) is 6.53. The molecule has 5 nitrogen and oxygen atoms in total. The largest absolute Gasteiger partial charge is 0.523 e. The molecule has 0 aliphatic heterocycles. The molecule has 136 valence electrons. The van der Waals surface area contributed by atoms with E-state index in [4.69, 9.17) is 8.92 Å². The number of rotatable bonds is 5. The Bertz CT molecular complexity index is 641. The molecule has 4 aliphatic rings. The van der Waals surface area contributed by atoms with Gasteiger partial charge < -0.3 is 4.74 Å². The van der Waals surface area contributed by atoms with E-state index >= 15 is 0 Å². The molecule has 0 radical (unpaired) electrons. The first kappa shape index (κ1) is 17.7. The number of hydrogen-bond donors (Lipinski definition) is 0. The van der Waals surface area contributed by atoms with Crippen LogP contribution in [0.2, 0.25) is 0 Å². The highest BCUT2D eigenvalue weighted by molar-refractivity contribution is 7.87. The third-order valence-electron chi connectivity index (χ3n) is 5.39. The molecule has 0 amide bonds. The number of carbonyl (C=O) groups excluding carboxylic acids is 1. The lowest BCUT2D eigenvalue weighted by Gasteiger charge is -2.60. The Hall–Kier alpha value is -1.09. The second kappa shape index (κ2) is 5.45. The van der Waals surface area contributed by atoms with Gasteiger partial charge in [0.1, 0.15) is 0 Å². The molecule has 4 fully saturated rings. The molecule has 0 saturated heterocycles. The first-order valence-electron chi connectivity index (χ1n) is 7.79. The summed E-state index contributed by atoms with van der Waals surface area (Å²) in [5.74, 6) is -0.405. The van der Waals surface area contributed by atoms with Gasteiger partial charge in [0, 0.05) is 11.5 Å². The molecule has 9 heteroatoms. The fourth-order valence-electron chi connectivity index (χ4n) is 5.19. The van der Waals surface area contributed by atoms with Gasteiger partial charge in [0.15, 0.2) is 0 Å². The summed E-state index contributed by atoms with van der Waals surface area (Å²) in [7, 11) is -5.65. The van der Waals surface area contributed by atoms with Crippen LogP contribution < -0.4 is 0 Å². The lowest BCUT2D eigenvalue weighted by atomic mass is 9.48. The second-order valence-electron chi connectivity index (χ2n) is 7.44. The van der Waals surface area contributed by atoms with E-state index in [0.717, 1.165) is 12.5 Å². The summed E-state index contributed by atoms with van der Waals surface area (Å²) in [6.07, 6.45) is 4.07. The number of halogens is 3. The molecule has 4 bridgehead atoms. The third kappa shape index (κ3) is 3.08. The quantitative estimate of drug-likeness (QED) is 0.323. The summed E-state index contributed by atoms with van der Waals surface area (Å²) in [5, 5.41) is 0. The van der Waals surface area contributed by atoms with Crippen molar-refractivity contribution in [2.45, 2.75) is 49.6 Å². The highest BCUT2D eigenvalue weighted by atomic mass is 32.2. The van der Waals surface area contributed by atoms with Crippen LogP contribution in [0.3, 0.4) is 0 Å². The SMILES string of the molecule is C=CC(=O)OCC12CC3CC(C1)CC(OS(=O)(=O)C(F)(F)F)(C3)C2. The van der Waals surface area contributed by atoms with Crippen molar-refractivity contribution in [1.29, 1.82) is 0 Å². The molecule has 4 saturated carbocycles. The molecule has 0 heterocycles. The van der Waals surface area contributed by atoms with Gasteiger partial charge in [-0.25, -0.2) is 4.79 Å². The van der Waals surface area contributed by atoms with Gasteiger partial charge >= 0.3 is 21.6 Å². The number of hydrogen-bond acceptors (Lipinski definition) is 5. The molecular weight excluding hydrogens is 349 g/mol. The zero-order chi connectivity index (χ0) is 17.8. The minimum atomic E-state index is -5.65. The van der Waals surface area contributed by atoms with Gasteiger partial charge in [-0.05, 0) is 50.4 Å². The fourth-order valence-corrected chi connectivity index (χ4v) is 5.95. The maximum Gasteiger partial charge on any atom is 0.523 e. The van der Waals surface area contributed by atoms with Crippen LogP contribution in [0, 0.1) is 17.3 Å². The van der Waals surface area contributed by atoms with Crippen molar-refractivity contribution < 1.29 is 35.3 Å². The number of ether oxygens (including phenoxy) is 1. The van der Waals surface area contributed by atoms with Gasteiger partial charge in [-0.15, -0.1) is 0 Å². The topological polar surface area (TPSA) is 69.7 Å². The van der Waals surface area contributed by atoms with E-state index in [1.165, 1.54) is 0 Å². The van der Waals surface area contributed by atoms with Crippen molar-refractivity contribution in [2.75, 3.05) is 6.61 Å². The van der Waals surface area contributed by atoms with Crippen LogP contribution in [0.1, 0.15) is 38.5 Å². The van der Waals surface area contributed by atoms with Crippen molar-refractivity contribution in [3.63, 3.8) is 0 Å². The van der Waals surface area contributed by atoms with Crippen molar-refractivity contribution in [2.24, 2.45) is 17.3 Å². The number of alkyl halides is 3. The standard InChI is InChI=1S/C15H19F3O5S/c1-2-12(19)22-9-13-4-10-3-11(5-13)7-14(6-10,8-13)23-24(20,21)15(16,17)18/h2,10-11H,1,3-9H2. The zero-order valence-corrected chi connectivity index (χ0v) is 13.8. The first-order valence-corrected chi connectivity index (χ1v) is 9.20. The monoisotopic (exact) mass is 368 g/mol. The predicted octanol–water partition coefficient (Wildman–Crippen LogP) is 2.92. The van der Waals surface area contributed by atoms with E-state index in [2.05, 4.69) is 6.58 Å². The molecule has 4 aliphatic carbocycles. The van der Waals surface area contributed by atoms with Crippen LogP contribution in [0.25, 0.3) is 0 Å². The molecular formula is C15H19F3O5S. The minimum Gasteiger partial charge on any atom is -0.462 e. The second-order valence-corrected chi connectivity index (χ2v) is 8.98. The van der Waals surface area contributed by atoms with Gasteiger partial charge in [0.2, 0.25) is 0 Å². The summed E-state index contributed by atoms with van der Waals surface area (Å²) < 4.78 is 71.1. The van der Waals surface area contributed by atoms with Crippen LogP contribution >= 0.6 is 0 Å². The Kier molecular flexibility index (Phi) is 4.03. The fraction of sp³-hybridized carbons (Fsp3) is 0.800. The van der Waals surface area contributed by atoms with Gasteiger partial charge in [0.05, 0.1) is 12.2 Å². The predicted molar refractivity (Wildman–Crippen MR) is 77.1 cm³/mol. The van der Waals surface area contributed by atoms with Gasteiger partial charge in [-0.1, -0.05) is 6.58 Å². The Morgan fingerprint density at radius 3 is 2.29 bits per heavy atom. The van der Waals surface area contributed by atoms with Crippen molar-refractivity contribution >= 4 is 16.1 Å². The van der Waals surface area contributed by atoms with Crippen molar-refractivity contribution in [3.05, 3.63) is 12.7 Å². The summed E-state index contributed by atoms with van der Waals surface area (Å²) in [6, 6.07) is 0. The Labute approximate surface area is 138 Å². The molecule has 0 N–H and O–H groups in total. The summed E-state index contributed by atoms with van der Waals surface area (Å²) in [4.78, 5) is 11.3. The minimum absolute atomic E-state index is 0.0576. The van der Waals surface area contributed by atoms with E-state index in [1.54, 1.807) is 0 Å². The van der Waals surface area contributed by atoms with E-state index < -0.39 is 32.6 Å². The normalized spacial score (nSPS) is 38.1. The van der Waals surface area contributed by atoms with E-state index in [9.17, 15) is 26.4 Å². The summed E-state index contributed by atoms with van der Waals surface area (Å²) in [6.45, 7) is 3.37. The average molecular weight is 368 g/mol.